The Labute approximate surface area is 207 Å². The van der Waals surface area contributed by atoms with E-state index in [1.807, 2.05) is 0 Å². The maximum absolute atomic E-state index is 12.3. The van der Waals surface area contributed by atoms with Crippen LogP contribution in [0.5, 0.6) is 5.75 Å². The van der Waals surface area contributed by atoms with Gasteiger partial charge in [-0.2, -0.15) is 5.10 Å². The van der Waals surface area contributed by atoms with Crippen molar-refractivity contribution in [1.29, 1.82) is 0 Å². The molecule has 0 aliphatic carbocycles. The van der Waals surface area contributed by atoms with Crippen LogP contribution in [0.15, 0.2) is 76.3 Å². The second-order valence-electron chi connectivity index (χ2n) is 6.57. The molecule has 168 valence electrons. The van der Waals surface area contributed by atoms with Gasteiger partial charge in [-0.3, -0.25) is 9.59 Å². The molecule has 0 spiro atoms. The number of amides is 2. The van der Waals surface area contributed by atoms with E-state index in [9.17, 15) is 14.4 Å². The Kier molecular flexibility index (Phi) is 8.59. The van der Waals surface area contributed by atoms with Gasteiger partial charge >= 0.3 is 5.97 Å². The summed E-state index contributed by atoms with van der Waals surface area (Å²) in [5.41, 5.74) is 3.49. The predicted octanol–water partition coefficient (Wildman–Crippen LogP) is 4.86. The summed E-state index contributed by atoms with van der Waals surface area (Å²) < 4.78 is 6.10. The molecule has 3 aromatic carbocycles. The largest absolute Gasteiger partial charge is 0.423 e. The molecule has 3 rings (SSSR count). The van der Waals surface area contributed by atoms with Crippen LogP contribution in [0.3, 0.4) is 0 Å². The van der Waals surface area contributed by atoms with Gasteiger partial charge in [0, 0.05) is 15.1 Å². The lowest BCUT2D eigenvalue weighted by Gasteiger charge is -2.07. The fraction of sp³-hybridized carbons (Fsp3) is 0.0435. The fourth-order valence-corrected chi connectivity index (χ4v) is 3.47. The number of carbonyl (C=O) groups excluding carboxylic acids is 3. The molecule has 3 aromatic rings. The molecule has 0 heterocycles. The van der Waals surface area contributed by atoms with Crippen LogP contribution in [0.25, 0.3) is 0 Å². The third kappa shape index (κ3) is 7.42. The number of ether oxygens (including phenoxy) is 1. The van der Waals surface area contributed by atoms with Crippen LogP contribution in [-0.4, -0.2) is 30.5 Å². The Hall–Kier alpha value is -3.20. The number of nitrogens with zero attached hydrogens (tertiary/aromatic N) is 1. The van der Waals surface area contributed by atoms with Crippen molar-refractivity contribution in [2.24, 2.45) is 5.10 Å². The summed E-state index contributed by atoms with van der Waals surface area (Å²) >= 11 is 15.2. The van der Waals surface area contributed by atoms with Gasteiger partial charge in [-0.15, -0.1) is 0 Å². The van der Waals surface area contributed by atoms with Gasteiger partial charge in [0.1, 0.15) is 5.75 Å². The van der Waals surface area contributed by atoms with E-state index in [2.05, 4.69) is 31.8 Å². The molecule has 0 saturated heterocycles. The third-order valence-electron chi connectivity index (χ3n) is 4.12. The second kappa shape index (κ2) is 11.6. The molecular weight excluding hydrogens is 533 g/mol. The van der Waals surface area contributed by atoms with Crippen LogP contribution < -0.4 is 15.5 Å². The normalized spacial score (nSPS) is 10.6. The smallest absolute Gasteiger partial charge is 0.345 e. The molecule has 0 fully saturated rings. The Bertz CT molecular complexity index is 1230. The molecule has 2 amide bonds. The molecular formula is C23H16BrCl2N3O4. The van der Waals surface area contributed by atoms with E-state index in [-0.39, 0.29) is 28.8 Å². The van der Waals surface area contributed by atoms with E-state index in [1.165, 1.54) is 24.4 Å². The third-order valence-corrected chi connectivity index (χ3v) is 5.16. The molecule has 0 radical (unpaired) electrons. The first-order chi connectivity index (χ1) is 15.8. The van der Waals surface area contributed by atoms with Gasteiger partial charge in [-0.25, -0.2) is 10.2 Å². The maximum Gasteiger partial charge on any atom is 0.345 e. The van der Waals surface area contributed by atoms with Crippen molar-refractivity contribution in [2.75, 3.05) is 6.54 Å². The van der Waals surface area contributed by atoms with Crippen molar-refractivity contribution in [3.05, 3.63) is 97.9 Å². The van der Waals surface area contributed by atoms with Crippen LogP contribution in [0.1, 0.15) is 26.3 Å². The number of carbonyl (C=O) groups is 3. The minimum Gasteiger partial charge on any atom is -0.423 e. The molecule has 33 heavy (non-hydrogen) atoms. The average Bonchev–Trinajstić information content (AvgIpc) is 2.77. The summed E-state index contributed by atoms with van der Waals surface area (Å²) in [4.78, 5) is 36.3. The SMILES string of the molecule is O=C(CNC(=O)c1cccc(Br)c1)N/N=C/c1cccc(OC(=O)c2ccc(Cl)cc2Cl)c1. The van der Waals surface area contributed by atoms with Crippen molar-refractivity contribution in [2.45, 2.75) is 0 Å². The first-order valence-corrected chi connectivity index (χ1v) is 11.0. The van der Waals surface area contributed by atoms with Gasteiger partial charge in [0.25, 0.3) is 11.8 Å². The van der Waals surface area contributed by atoms with E-state index >= 15 is 0 Å². The lowest BCUT2D eigenvalue weighted by atomic mass is 10.2. The van der Waals surface area contributed by atoms with Crippen LogP contribution >= 0.6 is 39.1 Å². The average molecular weight is 549 g/mol. The highest BCUT2D eigenvalue weighted by atomic mass is 79.9. The quantitative estimate of drug-likeness (QED) is 0.191. The van der Waals surface area contributed by atoms with E-state index in [0.717, 1.165) is 4.47 Å². The Morgan fingerprint density at radius 2 is 1.79 bits per heavy atom. The van der Waals surface area contributed by atoms with Crippen molar-refractivity contribution < 1.29 is 19.1 Å². The van der Waals surface area contributed by atoms with Crippen molar-refractivity contribution in [3.8, 4) is 5.75 Å². The zero-order valence-electron chi connectivity index (χ0n) is 16.8. The Morgan fingerprint density at radius 1 is 1.00 bits per heavy atom. The van der Waals surface area contributed by atoms with Crippen molar-refractivity contribution in [1.82, 2.24) is 10.7 Å². The molecule has 0 aromatic heterocycles. The number of benzene rings is 3. The highest BCUT2D eigenvalue weighted by molar-refractivity contribution is 9.10. The molecule has 0 saturated carbocycles. The van der Waals surface area contributed by atoms with Crippen molar-refractivity contribution in [3.63, 3.8) is 0 Å². The van der Waals surface area contributed by atoms with Crippen LogP contribution in [0.4, 0.5) is 0 Å². The van der Waals surface area contributed by atoms with Gasteiger partial charge in [0.2, 0.25) is 0 Å². The minimum absolute atomic E-state index is 0.178. The fourth-order valence-electron chi connectivity index (χ4n) is 2.59. The molecule has 7 nitrogen and oxygen atoms in total. The Balaban J connectivity index is 1.52. The van der Waals surface area contributed by atoms with Crippen LogP contribution in [0.2, 0.25) is 10.0 Å². The first-order valence-electron chi connectivity index (χ1n) is 9.45. The summed E-state index contributed by atoms with van der Waals surface area (Å²) in [6, 6.07) is 17.8. The topological polar surface area (TPSA) is 96.9 Å². The van der Waals surface area contributed by atoms with E-state index in [4.69, 9.17) is 27.9 Å². The van der Waals surface area contributed by atoms with E-state index < -0.39 is 11.9 Å². The van der Waals surface area contributed by atoms with Crippen LogP contribution in [0, 0.1) is 0 Å². The molecule has 0 bridgehead atoms. The zero-order chi connectivity index (χ0) is 23.8. The lowest BCUT2D eigenvalue weighted by molar-refractivity contribution is -0.120. The van der Waals surface area contributed by atoms with Gasteiger partial charge < -0.3 is 10.1 Å². The molecule has 0 atom stereocenters. The highest BCUT2D eigenvalue weighted by Crippen LogP contribution is 2.23. The summed E-state index contributed by atoms with van der Waals surface area (Å²) in [6.07, 6.45) is 1.38. The van der Waals surface area contributed by atoms with E-state index in [0.29, 0.717) is 16.1 Å². The zero-order valence-corrected chi connectivity index (χ0v) is 19.9. The summed E-state index contributed by atoms with van der Waals surface area (Å²) in [5, 5.41) is 6.94. The van der Waals surface area contributed by atoms with Gasteiger partial charge in [0.15, 0.2) is 0 Å². The minimum atomic E-state index is -0.639. The summed E-state index contributed by atoms with van der Waals surface area (Å²) in [6.45, 7) is -0.248. The summed E-state index contributed by atoms with van der Waals surface area (Å²) in [5.74, 6) is -1.26. The second-order valence-corrected chi connectivity index (χ2v) is 8.33. The molecule has 10 heteroatoms. The number of rotatable bonds is 7. The maximum atomic E-state index is 12.3. The molecule has 0 aliphatic heterocycles. The number of hydrogen-bond donors (Lipinski definition) is 2. The number of hydrazone groups is 1. The predicted molar refractivity (Wildman–Crippen MR) is 130 cm³/mol. The van der Waals surface area contributed by atoms with Gasteiger partial charge in [-0.1, -0.05) is 57.3 Å². The molecule has 0 unspecified atom stereocenters. The van der Waals surface area contributed by atoms with Crippen LogP contribution in [-0.2, 0) is 4.79 Å². The standard InChI is InChI=1S/C23H16BrCl2N3O4/c24-16-5-2-4-15(10-16)22(31)27-13-21(30)29-28-12-14-3-1-6-18(9-14)33-23(32)19-8-7-17(25)11-20(19)26/h1-12H,13H2,(H,27,31)(H,29,30)/b28-12+. The van der Waals surface area contributed by atoms with Gasteiger partial charge in [0.05, 0.1) is 23.3 Å². The number of halogens is 3. The van der Waals surface area contributed by atoms with Crippen molar-refractivity contribution >= 4 is 63.1 Å². The summed E-state index contributed by atoms with van der Waals surface area (Å²) in [7, 11) is 0. The Morgan fingerprint density at radius 3 is 2.55 bits per heavy atom. The van der Waals surface area contributed by atoms with E-state index in [1.54, 1.807) is 48.5 Å². The highest BCUT2D eigenvalue weighted by Gasteiger charge is 2.13. The monoisotopic (exact) mass is 547 g/mol. The molecule has 2 N–H and O–H groups in total. The number of hydrogen-bond acceptors (Lipinski definition) is 5. The number of nitrogens with one attached hydrogen (secondary N) is 2. The first kappa shape index (κ1) is 24.4. The number of esters is 1. The lowest BCUT2D eigenvalue weighted by Crippen LogP contribution is -2.34. The van der Waals surface area contributed by atoms with Gasteiger partial charge in [-0.05, 0) is 54.1 Å². The molecule has 0 aliphatic rings.